The van der Waals surface area contributed by atoms with E-state index in [2.05, 4.69) is 0 Å². The number of carbonyl (C=O) groups excluding carboxylic acids is 1. The van der Waals surface area contributed by atoms with Crippen molar-refractivity contribution in [2.24, 2.45) is 11.8 Å². The van der Waals surface area contributed by atoms with Crippen molar-refractivity contribution in [3.8, 4) is 0 Å². The molecule has 0 amide bonds. The summed E-state index contributed by atoms with van der Waals surface area (Å²) in [6.45, 7) is 7.90. The van der Waals surface area contributed by atoms with E-state index in [1.54, 1.807) is 16.4 Å². The molecule has 2 fully saturated rings. The number of nitrogens with zero attached hydrogens (tertiary/aromatic N) is 1. The topological polar surface area (TPSA) is 63.7 Å². The summed E-state index contributed by atoms with van der Waals surface area (Å²) < 4.78 is 32.8. The van der Waals surface area contributed by atoms with Gasteiger partial charge in [-0.05, 0) is 58.6 Å². The highest BCUT2D eigenvalue weighted by molar-refractivity contribution is 7.89. The molecule has 3 rings (SSSR count). The summed E-state index contributed by atoms with van der Waals surface area (Å²) in [6, 6.07) is 6.83. The second kappa shape index (κ2) is 5.85. The van der Waals surface area contributed by atoms with Crippen molar-refractivity contribution >= 4 is 16.0 Å². The van der Waals surface area contributed by atoms with E-state index in [1.807, 2.05) is 39.8 Å². The number of carbonyl (C=O) groups is 1. The third-order valence-electron chi connectivity index (χ3n) is 4.83. The van der Waals surface area contributed by atoms with Gasteiger partial charge in [-0.25, -0.2) is 8.42 Å². The molecule has 1 aliphatic heterocycles. The molecular weight excluding hydrogens is 326 g/mol. The number of rotatable bonds is 3. The van der Waals surface area contributed by atoms with Gasteiger partial charge in [-0.3, -0.25) is 4.79 Å². The highest BCUT2D eigenvalue weighted by atomic mass is 32.2. The van der Waals surface area contributed by atoms with Crippen LogP contribution in [0.25, 0.3) is 0 Å². The summed E-state index contributed by atoms with van der Waals surface area (Å²) in [5.74, 6) is -0.314. The highest BCUT2D eigenvalue weighted by Gasteiger charge is 2.52. The molecule has 3 atom stereocenters. The van der Waals surface area contributed by atoms with Gasteiger partial charge < -0.3 is 4.74 Å². The standard InChI is InChI=1S/C18H25NO4S/c1-12-5-7-15(8-6-12)24(21,22)19-11-13-9-14(19)10-16(13)17(20)23-18(2,3)4/h5-8,13-14,16H,9-11H2,1-4H3. The predicted octanol–water partition coefficient (Wildman–Crippen LogP) is 2.74. The van der Waals surface area contributed by atoms with Gasteiger partial charge in [-0.1, -0.05) is 17.7 Å². The molecule has 1 aliphatic carbocycles. The molecule has 0 N–H and O–H groups in total. The molecule has 0 radical (unpaired) electrons. The van der Waals surface area contributed by atoms with Gasteiger partial charge in [-0.2, -0.15) is 4.31 Å². The molecule has 1 saturated heterocycles. The van der Waals surface area contributed by atoms with Crippen molar-refractivity contribution in [2.75, 3.05) is 6.54 Å². The maximum absolute atomic E-state index is 12.9. The largest absolute Gasteiger partial charge is 0.460 e. The van der Waals surface area contributed by atoms with Gasteiger partial charge in [0.05, 0.1) is 10.8 Å². The minimum atomic E-state index is -3.49. The Kier molecular flexibility index (Phi) is 4.24. The van der Waals surface area contributed by atoms with Crippen LogP contribution in [0, 0.1) is 18.8 Å². The normalized spacial score (nSPS) is 27.4. The lowest BCUT2D eigenvalue weighted by molar-refractivity contribution is -0.162. The molecule has 1 heterocycles. The first-order valence-electron chi connectivity index (χ1n) is 8.39. The van der Waals surface area contributed by atoms with Crippen LogP contribution in [0.5, 0.6) is 0 Å². The third kappa shape index (κ3) is 3.22. The van der Waals surface area contributed by atoms with Crippen LogP contribution in [0.4, 0.5) is 0 Å². The first kappa shape index (κ1) is 17.4. The van der Waals surface area contributed by atoms with Crippen molar-refractivity contribution < 1.29 is 17.9 Å². The van der Waals surface area contributed by atoms with Crippen molar-refractivity contribution in [3.05, 3.63) is 29.8 Å². The van der Waals surface area contributed by atoms with E-state index in [-0.39, 0.29) is 23.8 Å². The summed E-state index contributed by atoms with van der Waals surface area (Å²) in [5.41, 5.74) is 0.522. The van der Waals surface area contributed by atoms with Gasteiger partial charge in [0.1, 0.15) is 5.60 Å². The van der Waals surface area contributed by atoms with Crippen LogP contribution in [-0.4, -0.2) is 36.9 Å². The molecule has 1 aromatic carbocycles. The molecule has 0 spiro atoms. The predicted molar refractivity (Wildman–Crippen MR) is 90.9 cm³/mol. The number of fused-ring (bicyclic) bond motifs is 2. The Balaban J connectivity index is 1.73. The Hall–Kier alpha value is -1.40. The fourth-order valence-electron chi connectivity index (χ4n) is 3.72. The summed E-state index contributed by atoms with van der Waals surface area (Å²) in [5, 5.41) is 0. The average molecular weight is 351 g/mol. The van der Waals surface area contributed by atoms with Crippen molar-refractivity contribution in [3.63, 3.8) is 0 Å². The number of piperidine rings is 1. The van der Waals surface area contributed by atoms with Gasteiger partial charge >= 0.3 is 5.97 Å². The van der Waals surface area contributed by atoms with Crippen LogP contribution < -0.4 is 0 Å². The van der Waals surface area contributed by atoms with E-state index >= 15 is 0 Å². The molecule has 3 unspecified atom stereocenters. The lowest BCUT2D eigenvalue weighted by atomic mass is 9.95. The minimum absolute atomic E-state index is 0.0603. The van der Waals surface area contributed by atoms with Crippen LogP contribution in [-0.2, 0) is 19.6 Å². The van der Waals surface area contributed by atoms with E-state index in [0.29, 0.717) is 17.9 Å². The minimum Gasteiger partial charge on any atom is -0.460 e. The SMILES string of the molecule is Cc1ccc(S(=O)(=O)N2CC3CC2CC3C(=O)OC(C)(C)C)cc1. The first-order valence-corrected chi connectivity index (χ1v) is 9.83. The number of hydrogen-bond donors (Lipinski definition) is 0. The molecule has 6 heteroatoms. The Morgan fingerprint density at radius 3 is 2.29 bits per heavy atom. The molecule has 2 aliphatic rings. The van der Waals surface area contributed by atoms with Crippen molar-refractivity contribution in [1.82, 2.24) is 4.31 Å². The Morgan fingerprint density at radius 1 is 1.17 bits per heavy atom. The molecule has 2 bridgehead atoms. The summed E-state index contributed by atoms with van der Waals surface area (Å²) >= 11 is 0. The molecule has 1 aromatic rings. The fraction of sp³-hybridized carbons (Fsp3) is 0.611. The number of aryl methyl sites for hydroxylation is 1. The van der Waals surface area contributed by atoms with Crippen LogP contribution in [0.3, 0.4) is 0 Å². The quantitative estimate of drug-likeness (QED) is 0.786. The maximum Gasteiger partial charge on any atom is 0.309 e. The van der Waals surface area contributed by atoms with E-state index in [1.165, 1.54) is 0 Å². The lowest BCUT2D eigenvalue weighted by Crippen LogP contribution is -2.42. The Labute approximate surface area is 144 Å². The maximum atomic E-state index is 12.9. The summed E-state index contributed by atoms with van der Waals surface area (Å²) in [6.07, 6.45) is 1.31. The summed E-state index contributed by atoms with van der Waals surface area (Å²) in [7, 11) is -3.49. The number of esters is 1. The van der Waals surface area contributed by atoms with Crippen molar-refractivity contribution in [1.29, 1.82) is 0 Å². The Bertz CT molecular complexity index is 733. The van der Waals surface area contributed by atoms with Gasteiger partial charge in [0.25, 0.3) is 0 Å². The second-order valence-electron chi connectivity index (χ2n) is 7.91. The van der Waals surface area contributed by atoms with E-state index < -0.39 is 15.6 Å². The smallest absolute Gasteiger partial charge is 0.309 e. The number of hydrogen-bond acceptors (Lipinski definition) is 4. The Morgan fingerprint density at radius 2 is 1.79 bits per heavy atom. The van der Waals surface area contributed by atoms with Crippen LogP contribution in [0.15, 0.2) is 29.2 Å². The molecule has 132 valence electrons. The zero-order valence-corrected chi connectivity index (χ0v) is 15.5. The zero-order valence-electron chi connectivity index (χ0n) is 14.7. The van der Waals surface area contributed by atoms with Crippen LogP contribution >= 0.6 is 0 Å². The number of benzene rings is 1. The molecular formula is C18H25NO4S. The lowest BCUT2D eigenvalue weighted by Gasteiger charge is -2.31. The molecule has 1 saturated carbocycles. The average Bonchev–Trinajstić information content (AvgIpc) is 3.06. The number of ether oxygens (including phenoxy) is 1. The molecule has 0 aromatic heterocycles. The fourth-order valence-corrected chi connectivity index (χ4v) is 5.42. The second-order valence-corrected chi connectivity index (χ2v) is 9.80. The van der Waals surface area contributed by atoms with Gasteiger partial charge in [0, 0.05) is 12.6 Å². The van der Waals surface area contributed by atoms with Gasteiger partial charge in [0.2, 0.25) is 10.0 Å². The first-order chi connectivity index (χ1) is 11.1. The zero-order chi connectivity index (χ0) is 17.7. The summed E-state index contributed by atoms with van der Waals surface area (Å²) in [4.78, 5) is 12.7. The highest BCUT2D eigenvalue weighted by Crippen LogP contribution is 2.45. The molecule has 5 nitrogen and oxygen atoms in total. The van der Waals surface area contributed by atoms with E-state index in [9.17, 15) is 13.2 Å². The van der Waals surface area contributed by atoms with Crippen LogP contribution in [0.2, 0.25) is 0 Å². The monoisotopic (exact) mass is 351 g/mol. The van der Waals surface area contributed by atoms with Gasteiger partial charge in [-0.15, -0.1) is 0 Å². The van der Waals surface area contributed by atoms with Crippen molar-refractivity contribution in [2.45, 2.75) is 57.1 Å². The van der Waals surface area contributed by atoms with E-state index in [0.717, 1.165) is 12.0 Å². The van der Waals surface area contributed by atoms with E-state index in [4.69, 9.17) is 4.74 Å². The van der Waals surface area contributed by atoms with Crippen LogP contribution in [0.1, 0.15) is 39.2 Å². The molecule has 24 heavy (non-hydrogen) atoms. The number of sulfonamides is 1. The van der Waals surface area contributed by atoms with Gasteiger partial charge in [0.15, 0.2) is 0 Å². The third-order valence-corrected chi connectivity index (χ3v) is 6.76.